The molecule has 1 atom stereocenters. The zero-order valence-corrected chi connectivity index (χ0v) is 19.3. The van der Waals surface area contributed by atoms with E-state index < -0.39 is 17.4 Å². The van der Waals surface area contributed by atoms with Gasteiger partial charge in [-0.05, 0) is 54.1 Å². The number of benzene rings is 3. The summed E-state index contributed by atoms with van der Waals surface area (Å²) in [6.07, 6.45) is -0.0766. The van der Waals surface area contributed by atoms with Gasteiger partial charge in [0.25, 0.3) is 5.56 Å². The predicted molar refractivity (Wildman–Crippen MR) is 132 cm³/mol. The number of nitrogens with zero attached hydrogens (tertiary/aromatic N) is 1. The Morgan fingerprint density at radius 3 is 2.60 bits per heavy atom. The number of hydrogen-bond donors (Lipinski definition) is 2. The fourth-order valence-electron chi connectivity index (χ4n) is 4.29. The second-order valence-corrected chi connectivity index (χ2v) is 8.27. The molecule has 0 saturated heterocycles. The van der Waals surface area contributed by atoms with E-state index in [2.05, 4.69) is 5.32 Å². The van der Waals surface area contributed by atoms with Gasteiger partial charge in [0, 0.05) is 24.5 Å². The highest BCUT2D eigenvalue weighted by atomic mass is 16.7. The zero-order chi connectivity index (χ0) is 24.5. The van der Waals surface area contributed by atoms with Crippen LogP contribution in [0.1, 0.15) is 28.4 Å². The van der Waals surface area contributed by atoms with Gasteiger partial charge in [0.05, 0.1) is 18.7 Å². The number of nitrogens with one attached hydrogen (secondary N) is 1. The molecule has 4 aromatic rings. The van der Waals surface area contributed by atoms with Crippen LogP contribution >= 0.6 is 0 Å². The van der Waals surface area contributed by atoms with Crippen LogP contribution in [0.4, 0.5) is 5.69 Å². The summed E-state index contributed by atoms with van der Waals surface area (Å²) in [5, 5.41) is 14.7. The van der Waals surface area contributed by atoms with Crippen LogP contribution in [0.25, 0.3) is 10.9 Å². The lowest BCUT2D eigenvalue weighted by molar-refractivity contribution is 0.0972. The highest BCUT2D eigenvalue weighted by molar-refractivity contribution is 6.03. The van der Waals surface area contributed by atoms with Crippen molar-refractivity contribution in [3.63, 3.8) is 0 Å². The number of pyridine rings is 1. The van der Waals surface area contributed by atoms with Crippen LogP contribution in [0.3, 0.4) is 0 Å². The number of ketones is 1. The van der Waals surface area contributed by atoms with Crippen LogP contribution in [0.15, 0.2) is 71.5 Å². The van der Waals surface area contributed by atoms with E-state index >= 15 is 0 Å². The Morgan fingerprint density at radius 2 is 1.83 bits per heavy atom. The molecule has 3 aromatic carbocycles. The normalized spacial score (nSPS) is 13.0. The van der Waals surface area contributed by atoms with E-state index in [1.54, 1.807) is 44.5 Å². The lowest BCUT2D eigenvalue weighted by atomic mass is 9.96. The summed E-state index contributed by atoms with van der Waals surface area (Å²) in [5.74, 6) is 1.14. The first kappa shape index (κ1) is 22.3. The lowest BCUT2D eigenvalue weighted by Crippen LogP contribution is -2.26. The number of rotatable bonds is 7. The molecule has 35 heavy (non-hydrogen) atoms. The molecule has 0 unspecified atom stereocenters. The number of hydrogen-bond acceptors (Lipinski definition) is 7. The number of aryl methyl sites for hydroxylation is 1. The van der Waals surface area contributed by atoms with E-state index in [0.717, 1.165) is 11.3 Å². The van der Waals surface area contributed by atoms with Crippen LogP contribution in [0.5, 0.6) is 23.0 Å². The summed E-state index contributed by atoms with van der Waals surface area (Å²) in [6.45, 7) is 0.134. The molecule has 1 aromatic heterocycles. The number of fused-ring (bicyclic) bond motifs is 2. The third-order valence-electron chi connectivity index (χ3n) is 6.17. The summed E-state index contributed by atoms with van der Waals surface area (Å²) in [4.78, 5) is 26.6. The maximum atomic E-state index is 13.5. The number of anilines is 1. The molecule has 1 aliphatic heterocycles. The predicted octanol–water partition coefficient (Wildman–Crippen LogP) is 4.41. The van der Waals surface area contributed by atoms with Crippen LogP contribution < -0.4 is 25.1 Å². The Labute approximate surface area is 201 Å². The molecule has 8 nitrogen and oxygen atoms in total. The Bertz CT molecular complexity index is 1480. The highest BCUT2D eigenvalue weighted by Crippen LogP contribution is 2.37. The van der Waals surface area contributed by atoms with Gasteiger partial charge in [-0.1, -0.05) is 18.2 Å². The first-order valence-electron chi connectivity index (χ1n) is 11.1. The van der Waals surface area contributed by atoms with Gasteiger partial charge in [-0.15, -0.1) is 0 Å². The van der Waals surface area contributed by atoms with E-state index in [0.29, 0.717) is 28.2 Å². The molecule has 1 aliphatic rings. The van der Waals surface area contributed by atoms with Gasteiger partial charge in [-0.25, -0.2) is 0 Å². The largest absolute Gasteiger partial charge is 0.506 e. The number of aromatic hydroxyl groups is 1. The first-order chi connectivity index (χ1) is 17.0. The summed E-state index contributed by atoms with van der Waals surface area (Å²) < 4.78 is 17.5. The summed E-state index contributed by atoms with van der Waals surface area (Å²) in [6, 6.07) is 19.2. The van der Waals surface area contributed by atoms with Crippen molar-refractivity contribution in [2.45, 2.75) is 12.5 Å². The molecule has 2 N–H and O–H groups in total. The quantitative estimate of drug-likeness (QED) is 0.385. The minimum absolute atomic E-state index is 0.0766. The van der Waals surface area contributed by atoms with Gasteiger partial charge in [-0.2, -0.15) is 0 Å². The van der Waals surface area contributed by atoms with Gasteiger partial charge in [0.1, 0.15) is 17.1 Å². The van der Waals surface area contributed by atoms with Gasteiger partial charge in [0.15, 0.2) is 17.3 Å². The smallest absolute Gasteiger partial charge is 0.265 e. The average Bonchev–Trinajstić information content (AvgIpc) is 3.35. The molecular formula is C27H24N2O6. The molecule has 0 aliphatic carbocycles. The Morgan fingerprint density at radius 1 is 1.09 bits per heavy atom. The number of ether oxygens (including phenoxy) is 3. The fourth-order valence-corrected chi connectivity index (χ4v) is 4.29. The number of Topliss-reactive ketones (excluding diaryl/α,β-unsaturated/α-hetero) is 1. The minimum Gasteiger partial charge on any atom is -0.506 e. The van der Waals surface area contributed by atoms with Crippen LogP contribution in [-0.4, -0.2) is 29.4 Å². The summed E-state index contributed by atoms with van der Waals surface area (Å²) >= 11 is 0. The van der Waals surface area contributed by atoms with E-state index in [-0.39, 0.29) is 24.5 Å². The number of methoxy groups -OCH3 is 1. The number of aromatic nitrogens is 1. The Balaban J connectivity index is 1.53. The van der Waals surface area contributed by atoms with Gasteiger partial charge >= 0.3 is 0 Å². The molecule has 0 spiro atoms. The third kappa shape index (κ3) is 4.14. The second-order valence-electron chi connectivity index (χ2n) is 8.27. The minimum atomic E-state index is -0.542. The second kappa shape index (κ2) is 9.06. The zero-order valence-electron chi connectivity index (χ0n) is 19.3. The molecule has 0 saturated carbocycles. The van der Waals surface area contributed by atoms with Crippen molar-refractivity contribution in [3.05, 3.63) is 88.2 Å². The Kier molecular flexibility index (Phi) is 5.78. The van der Waals surface area contributed by atoms with Crippen molar-refractivity contribution in [1.29, 1.82) is 0 Å². The molecule has 0 bridgehead atoms. The Hall–Kier alpha value is -4.46. The van der Waals surface area contributed by atoms with Crippen molar-refractivity contribution in [2.24, 2.45) is 7.05 Å². The summed E-state index contributed by atoms with van der Waals surface area (Å²) in [7, 11) is 3.18. The van der Waals surface area contributed by atoms with Gasteiger partial charge in [0.2, 0.25) is 6.79 Å². The van der Waals surface area contributed by atoms with Gasteiger partial charge in [-0.3, -0.25) is 9.59 Å². The van der Waals surface area contributed by atoms with E-state index in [9.17, 15) is 14.7 Å². The van der Waals surface area contributed by atoms with Crippen molar-refractivity contribution >= 4 is 22.4 Å². The van der Waals surface area contributed by atoms with Gasteiger partial charge < -0.3 is 29.2 Å². The molecule has 5 rings (SSSR count). The molecule has 2 heterocycles. The average molecular weight is 472 g/mol. The van der Waals surface area contributed by atoms with E-state index in [1.807, 2.05) is 36.4 Å². The SMILES string of the molecule is COc1ccc(N[C@H](CC(=O)c2c(O)c3ccccc3n(C)c2=O)c2ccc3c(c2)OCO3)cc1. The number of carbonyl (C=O) groups is 1. The van der Waals surface area contributed by atoms with Crippen molar-refractivity contribution < 1.29 is 24.1 Å². The van der Waals surface area contributed by atoms with Crippen molar-refractivity contribution in [3.8, 4) is 23.0 Å². The number of carbonyl (C=O) groups excluding carboxylic acids is 1. The maximum Gasteiger partial charge on any atom is 0.265 e. The van der Waals surface area contributed by atoms with Crippen molar-refractivity contribution in [2.75, 3.05) is 19.2 Å². The standard InChI is InChI=1S/C27H24N2O6/c1-29-21-6-4-3-5-19(21)26(31)25(27(29)32)22(30)14-20(28-17-8-10-18(33-2)11-9-17)16-7-12-23-24(13-16)35-15-34-23/h3-13,20,28,31H,14-15H2,1-2H3/t20-/m1/s1. The monoisotopic (exact) mass is 472 g/mol. The summed E-state index contributed by atoms with van der Waals surface area (Å²) in [5.41, 5.74) is 1.32. The molecule has 178 valence electrons. The maximum absolute atomic E-state index is 13.5. The molecule has 0 amide bonds. The molecule has 8 heteroatoms. The van der Waals surface area contributed by atoms with E-state index in [4.69, 9.17) is 14.2 Å². The molecular weight excluding hydrogens is 448 g/mol. The lowest BCUT2D eigenvalue weighted by Gasteiger charge is -2.21. The molecule has 0 fully saturated rings. The van der Waals surface area contributed by atoms with E-state index in [1.165, 1.54) is 4.57 Å². The first-order valence-corrected chi connectivity index (χ1v) is 11.1. The number of para-hydroxylation sites is 1. The fraction of sp³-hybridized carbons (Fsp3) is 0.185. The van der Waals surface area contributed by atoms with Crippen LogP contribution in [-0.2, 0) is 7.05 Å². The topological polar surface area (TPSA) is 99.0 Å². The molecule has 0 radical (unpaired) electrons. The highest BCUT2D eigenvalue weighted by Gasteiger charge is 2.26. The van der Waals surface area contributed by atoms with Crippen LogP contribution in [0, 0.1) is 0 Å². The third-order valence-corrected chi connectivity index (χ3v) is 6.17. The van der Waals surface area contributed by atoms with Crippen molar-refractivity contribution in [1.82, 2.24) is 4.57 Å². The van der Waals surface area contributed by atoms with Crippen LogP contribution in [0.2, 0.25) is 0 Å².